The Hall–Kier alpha value is -3.34. The first kappa shape index (κ1) is 13.3. The Balaban J connectivity index is 1.69. The molecule has 0 radical (unpaired) electrons. The number of fused-ring (bicyclic) bond motifs is 1. The van der Waals surface area contributed by atoms with E-state index in [1.807, 2.05) is 0 Å². The van der Waals surface area contributed by atoms with Crippen LogP contribution in [0, 0.1) is 10.1 Å². The molecule has 4 aromatic rings. The monoisotopic (exact) mass is 328 g/mol. The van der Waals surface area contributed by atoms with Gasteiger partial charge in [0.15, 0.2) is 0 Å². The fourth-order valence-electron chi connectivity index (χ4n) is 2.08. The molecular formula is C12H8N8O2S. The maximum Gasteiger partial charge on any atom is 0.373 e. The molecule has 0 fully saturated rings. The van der Waals surface area contributed by atoms with Crippen molar-refractivity contribution in [2.45, 2.75) is 0 Å². The van der Waals surface area contributed by atoms with E-state index in [1.165, 1.54) is 26.6 Å². The quantitative estimate of drug-likeness (QED) is 0.450. The van der Waals surface area contributed by atoms with Crippen LogP contribution in [0.4, 0.5) is 17.3 Å². The predicted molar refractivity (Wildman–Crippen MR) is 82.2 cm³/mol. The SMILES string of the molecule is O=[N+]([O-])c1c(Nc2cnn(-c3ncccn3)c2)nc2sccn12. The van der Waals surface area contributed by atoms with Crippen molar-refractivity contribution in [3.8, 4) is 5.95 Å². The number of hydrogen-bond donors (Lipinski definition) is 1. The van der Waals surface area contributed by atoms with Crippen molar-refractivity contribution in [2.75, 3.05) is 5.32 Å². The zero-order chi connectivity index (χ0) is 15.8. The predicted octanol–water partition coefficient (Wildman–Crippen LogP) is 2.02. The van der Waals surface area contributed by atoms with Gasteiger partial charge in [0, 0.05) is 17.8 Å². The van der Waals surface area contributed by atoms with E-state index in [0.717, 1.165) is 0 Å². The number of nitrogens with one attached hydrogen (secondary N) is 1. The number of rotatable bonds is 4. The summed E-state index contributed by atoms with van der Waals surface area (Å²) in [6.45, 7) is 0. The Morgan fingerprint density at radius 3 is 2.91 bits per heavy atom. The third kappa shape index (κ3) is 2.28. The molecule has 114 valence electrons. The van der Waals surface area contributed by atoms with Gasteiger partial charge < -0.3 is 15.4 Å². The Labute approximate surface area is 132 Å². The number of nitrogens with zero attached hydrogens (tertiary/aromatic N) is 7. The van der Waals surface area contributed by atoms with Crippen molar-refractivity contribution in [3.05, 3.63) is 52.5 Å². The molecule has 0 aliphatic heterocycles. The molecule has 0 amide bonds. The van der Waals surface area contributed by atoms with Crippen LogP contribution in [0.3, 0.4) is 0 Å². The number of nitro groups is 1. The second-order valence-corrected chi connectivity index (χ2v) is 5.32. The van der Waals surface area contributed by atoms with E-state index in [9.17, 15) is 10.1 Å². The van der Waals surface area contributed by atoms with Crippen LogP contribution in [0.2, 0.25) is 0 Å². The first-order valence-corrected chi connectivity index (χ1v) is 7.29. The molecule has 11 heteroatoms. The molecule has 23 heavy (non-hydrogen) atoms. The van der Waals surface area contributed by atoms with Gasteiger partial charge in [-0.15, -0.1) is 0 Å². The topological polar surface area (TPSA) is 116 Å². The molecule has 0 bridgehead atoms. The third-order valence-corrected chi connectivity index (χ3v) is 3.77. The van der Waals surface area contributed by atoms with Crippen LogP contribution in [0.25, 0.3) is 10.9 Å². The standard InChI is InChI=1S/C12H8N8O2S/c21-20(22)10-9(17-12-18(10)4-5-23-12)16-8-6-15-19(7-8)11-13-2-1-3-14-11/h1-7,16H. The molecule has 0 saturated carbocycles. The van der Waals surface area contributed by atoms with Crippen molar-refractivity contribution in [3.63, 3.8) is 0 Å². The summed E-state index contributed by atoms with van der Waals surface area (Å²) in [5.74, 6) is 0.446. The van der Waals surface area contributed by atoms with Gasteiger partial charge >= 0.3 is 5.82 Å². The van der Waals surface area contributed by atoms with Crippen LogP contribution in [0.1, 0.15) is 0 Å². The van der Waals surface area contributed by atoms with Gasteiger partial charge in [0.25, 0.3) is 4.96 Å². The molecule has 4 aromatic heterocycles. The zero-order valence-corrected chi connectivity index (χ0v) is 12.2. The normalized spacial score (nSPS) is 11.0. The summed E-state index contributed by atoms with van der Waals surface area (Å²) in [5.41, 5.74) is 0.548. The molecule has 10 nitrogen and oxygen atoms in total. The van der Waals surface area contributed by atoms with Crippen molar-refractivity contribution in [2.24, 2.45) is 0 Å². The van der Waals surface area contributed by atoms with Gasteiger partial charge in [0.1, 0.15) is 6.20 Å². The highest BCUT2D eigenvalue weighted by Gasteiger charge is 2.24. The lowest BCUT2D eigenvalue weighted by atomic mass is 10.5. The average molecular weight is 328 g/mol. The van der Waals surface area contributed by atoms with Crippen LogP contribution in [0.5, 0.6) is 0 Å². The zero-order valence-electron chi connectivity index (χ0n) is 11.4. The molecule has 0 aliphatic rings. The molecule has 0 unspecified atom stereocenters. The largest absolute Gasteiger partial charge is 0.373 e. The highest BCUT2D eigenvalue weighted by atomic mass is 32.1. The third-order valence-electron chi connectivity index (χ3n) is 3.01. The van der Waals surface area contributed by atoms with Crippen LogP contribution in [-0.4, -0.2) is 34.1 Å². The minimum Gasteiger partial charge on any atom is -0.358 e. The van der Waals surface area contributed by atoms with Crippen LogP contribution < -0.4 is 5.32 Å². The molecule has 0 spiro atoms. The first-order chi connectivity index (χ1) is 11.2. The Bertz CT molecular complexity index is 989. The van der Waals surface area contributed by atoms with Gasteiger partial charge in [-0.3, -0.25) is 0 Å². The first-order valence-electron chi connectivity index (χ1n) is 6.41. The van der Waals surface area contributed by atoms with Crippen molar-refractivity contribution in [1.82, 2.24) is 29.1 Å². The average Bonchev–Trinajstić information content (AvgIpc) is 3.23. The molecule has 0 aliphatic carbocycles. The molecule has 4 rings (SSSR count). The lowest BCUT2D eigenvalue weighted by molar-refractivity contribution is -0.389. The van der Waals surface area contributed by atoms with E-state index in [0.29, 0.717) is 16.6 Å². The smallest absolute Gasteiger partial charge is 0.358 e. The summed E-state index contributed by atoms with van der Waals surface area (Å²) >= 11 is 1.32. The molecule has 0 atom stereocenters. The van der Waals surface area contributed by atoms with Gasteiger partial charge in [0.2, 0.25) is 11.8 Å². The number of hydrogen-bond acceptors (Lipinski definition) is 8. The summed E-state index contributed by atoms with van der Waals surface area (Å²) in [4.78, 5) is 23.7. The number of imidazole rings is 1. The summed E-state index contributed by atoms with van der Waals surface area (Å²) in [7, 11) is 0. The maximum absolute atomic E-state index is 11.3. The maximum atomic E-state index is 11.3. The second kappa shape index (κ2) is 5.14. The van der Waals surface area contributed by atoms with E-state index < -0.39 is 4.92 Å². The van der Waals surface area contributed by atoms with Gasteiger partial charge in [-0.05, 0) is 11.0 Å². The van der Waals surface area contributed by atoms with Crippen LogP contribution in [-0.2, 0) is 0 Å². The van der Waals surface area contributed by atoms with E-state index in [1.54, 1.807) is 36.2 Å². The Morgan fingerprint density at radius 2 is 2.13 bits per heavy atom. The van der Waals surface area contributed by atoms with Crippen molar-refractivity contribution in [1.29, 1.82) is 0 Å². The highest BCUT2D eigenvalue weighted by molar-refractivity contribution is 7.15. The van der Waals surface area contributed by atoms with Gasteiger partial charge in [-0.2, -0.15) is 14.5 Å². The number of anilines is 2. The fourth-order valence-corrected chi connectivity index (χ4v) is 2.78. The molecule has 4 heterocycles. The van der Waals surface area contributed by atoms with E-state index in [-0.39, 0.29) is 11.6 Å². The van der Waals surface area contributed by atoms with Gasteiger partial charge in [-0.1, -0.05) is 11.3 Å². The summed E-state index contributed by atoms with van der Waals surface area (Å²) in [6, 6.07) is 1.70. The number of thiazole rings is 1. The summed E-state index contributed by atoms with van der Waals surface area (Å²) < 4.78 is 2.89. The minimum absolute atomic E-state index is 0.120. The van der Waals surface area contributed by atoms with Gasteiger partial charge in [0.05, 0.1) is 18.1 Å². The van der Waals surface area contributed by atoms with Crippen molar-refractivity contribution >= 4 is 33.6 Å². The van der Waals surface area contributed by atoms with Gasteiger partial charge in [-0.25, -0.2) is 14.6 Å². The number of aromatic nitrogens is 6. The Kier molecular flexibility index (Phi) is 2.98. The lowest BCUT2D eigenvalue weighted by Gasteiger charge is -1.99. The molecule has 0 aromatic carbocycles. The lowest BCUT2D eigenvalue weighted by Crippen LogP contribution is -2.00. The molecule has 0 saturated heterocycles. The minimum atomic E-state index is -0.472. The summed E-state index contributed by atoms with van der Waals surface area (Å²) in [6.07, 6.45) is 7.97. The molecule has 1 N–H and O–H groups in total. The Morgan fingerprint density at radius 1 is 1.30 bits per heavy atom. The van der Waals surface area contributed by atoms with Crippen molar-refractivity contribution < 1.29 is 4.92 Å². The fraction of sp³-hybridized carbons (Fsp3) is 0. The second-order valence-electron chi connectivity index (χ2n) is 4.44. The van der Waals surface area contributed by atoms with E-state index in [2.05, 4.69) is 25.4 Å². The van der Waals surface area contributed by atoms with E-state index in [4.69, 9.17) is 0 Å². The highest BCUT2D eigenvalue weighted by Crippen LogP contribution is 2.30. The van der Waals surface area contributed by atoms with Crippen LogP contribution >= 0.6 is 11.3 Å². The van der Waals surface area contributed by atoms with E-state index >= 15 is 0 Å². The summed E-state index contributed by atoms with van der Waals surface area (Å²) in [5, 5.41) is 20.1. The van der Waals surface area contributed by atoms with Crippen LogP contribution in [0.15, 0.2) is 42.4 Å². The molecular weight excluding hydrogens is 320 g/mol.